The van der Waals surface area contributed by atoms with Gasteiger partial charge in [-0.05, 0) is 35.1 Å². The molecule has 0 fully saturated rings. The Hall–Kier alpha value is -0.0200. The number of hydrogen-bond acceptors (Lipinski definition) is 3. The van der Waals surface area contributed by atoms with E-state index >= 15 is 0 Å². The molecule has 0 atom stereocenters. The van der Waals surface area contributed by atoms with Crippen LogP contribution in [0.5, 0.6) is 0 Å². The van der Waals surface area contributed by atoms with Crippen molar-refractivity contribution in [1.82, 2.24) is 4.98 Å². The zero-order chi connectivity index (χ0) is 11.8. The molecule has 0 unspecified atom stereocenters. The van der Waals surface area contributed by atoms with Crippen LogP contribution in [0.25, 0.3) is 0 Å². The van der Waals surface area contributed by atoms with Gasteiger partial charge in [0.25, 0.3) is 15.5 Å². The molecule has 0 saturated heterocycles. The van der Waals surface area contributed by atoms with Crippen LogP contribution in [-0.4, -0.2) is 13.4 Å². The van der Waals surface area contributed by atoms with E-state index in [0.29, 0.717) is 3.57 Å². The molecule has 1 heterocycles. The van der Waals surface area contributed by atoms with E-state index in [-0.39, 0.29) is 5.56 Å². The maximum absolute atomic E-state index is 12.5. The fourth-order valence-corrected chi connectivity index (χ4v) is 3.09. The third-order valence-corrected chi connectivity index (χ3v) is 4.25. The third kappa shape index (κ3) is 2.76. The zero-order valence-electron chi connectivity index (χ0n) is 7.34. The highest BCUT2D eigenvalue weighted by Gasteiger charge is 2.26. The minimum atomic E-state index is -4.21. The Kier molecular flexibility index (Phi) is 3.88. The minimum Gasteiger partial charge on any atom is -0.253 e. The van der Waals surface area contributed by atoms with Crippen molar-refractivity contribution in [3.05, 3.63) is 21.0 Å². The first-order valence-electron chi connectivity index (χ1n) is 3.63. The van der Waals surface area contributed by atoms with Crippen LogP contribution in [0.3, 0.4) is 0 Å². The summed E-state index contributed by atoms with van der Waals surface area (Å²) in [5.74, 6) is 0. The first-order valence-corrected chi connectivity index (χ1v) is 7.01. The van der Waals surface area contributed by atoms with Crippen LogP contribution in [0.2, 0.25) is 0 Å². The lowest BCUT2D eigenvalue weighted by Crippen LogP contribution is -2.06. The standard InChI is InChI=1S/C7H5ClF2INO2S/c1-3-4(11)2-12-5(7(9)10)6(3)15(8,13)14/h2,7H,1H3. The molecule has 0 radical (unpaired) electrons. The molecule has 0 aliphatic rings. The normalized spacial score (nSPS) is 12.1. The summed E-state index contributed by atoms with van der Waals surface area (Å²) >= 11 is 1.80. The van der Waals surface area contributed by atoms with Gasteiger partial charge in [-0.15, -0.1) is 0 Å². The van der Waals surface area contributed by atoms with E-state index in [0.717, 1.165) is 0 Å². The van der Waals surface area contributed by atoms with Crippen LogP contribution in [0, 0.1) is 10.5 Å². The summed E-state index contributed by atoms with van der Waals surface area (Å²) in [6, 6.07) is 0. The molecule has 0 aromatic carbocycles. The van der Waals surface area contributed by atoms with Gasteiger partial charge >= 0.3 is 0 Å². The lowest BCUT2D eigenvalue weighted by Gasteiger charge is -2.09. The SMILES string of the molecule is Cc1c(I)cnc(C(F)F)c1S(=O)(=O)Cl. The van der Waals surface area contributed by atoms with Gasteiger partial charge in [0.2, 0.25) is 0 Å². The second-order valence-corrected chi connectivity index (χ2v) is 6.35. The Bertz CT molecular complexity index is 492. The van der Waals surface area contributed by atoms with E-state index in [9.17, 15) is 17.2 Å². The Morgan fingerprint density at radius 2 is 2.07 bits per heavy atom. The molecular formula is C7H5ClF2INO2S. The van der Waals surface area contributed by atoms with Crippen molar-refractivity contribution in [1.29, 1.82) is 0 Å². The molecule has 0 aliphatic carbocycles. The van der Waals surface area contributed by atoms with Crippen molar-refractivity contribution in [3.63, 3.8) is 0 Å². The van der Waals surface area contributed by atoms with Crippen molar-refractivity contribution in [2.45, 2.75) is 18.2 Å². The maximum Gasteiger partial charge on any atom is 0.281 e. The highest BCUT2D eigenvalue weighted by atomic mass is 127. The molecule has 0 amide bonds. The fourth-order valence-electron chi connectivity index (χ4n) is 1.05. The smallest absolute Gasteiger partial charge is 0.253 e. The maximum atomic E-state index is 12.5. The molecule has 1 aromatic rings. The molecule has 0 saturated carbocycles. The van der Waals surface area contributed by atoms with Gasteiger partial charge in [-0.3, -0.25) is 4.98 Å². The van der Waals surface area contributed by atoms with Crippen LogP contribution in [-0.2, 0) is 9.05 Å². The summed E-state index contributed by atoms with van der Waals surface area (Å²) in [4.78, 5) is 2.79. The topological polar surface area (TPSA) is 47.0 Å². The van der Waals surface area contributed by atoms with Crippen LogP contribution in [0.15, 0.2) is 11.1 Å². The summed E-state index contributed by atoms with van der Waals surface area (Å²) < 4.78 is 47.7. The molecule has 1 rings (SSSR count). The summed E-state index contributed by atoms with van der Waals surface area (Å²) in [6.45, 7) is 1.41. The number of alkyl halides is 2. The molecule has 0 spiro atoms. The van der Waals surface area contributed by atoms with Gasteiger partial charge in [0.05, 0.1) is 0 Å². The average Bonchev–Trinajstić information content (AvgIpc) is 2.06. The molecular weight excluding hydrogens is 363 g/mol. The first kappa shape index (κ1) is 13.0. The number of aromatic nitrogens is 1. The van der Waals surface area contributed by atoms with Crippen LogP contribution in [0.4, 0.5) is 8.78 Å². The van der Waals surface area contributed by atoms with Gasteiger partial charge in [-0.2, -0.15) is 0 Å². The molecule has 0 N–H and O–H groups in total. The Labute approximate surface area is 103 Å². The highest BCUT2D eigenvalue weighted by Crippen LogP contribution is 2.31. The van der Waals surface area contributed by atoms with Crippen molar-refractivity contribution in [2.24, 2.45) is 0 Å². The van der Waals surface area contributed by atoms with Crippen molar-refractivity contribution < 1.29 is 17.2 Å². The monoisotopic (exact) mass is 367 g/mol. The minimum absolute atomic E-state index is 0.191. The number of hydrogen-bond donors (Lipinski definition) is 0. The fraction of sp³-hybridized carbons (Fsp3) is 0.286. The Morgan fingerprint density at radius 1 is 1.53 bits per heavy atom. The van der Waals surface area contributed by atoms with Crippen molar-refractivity contribution in [2.75, 3.05) is 0 Å². The highest BCUT2D eigenvalue weighted by molar-refractivity contribution is 14.1. The lowest BCUT2D eigenvalue weighted by molar-refractivity contribution is 0.142. The van der Waals surface area contributed by atoms with Crippen LogP contribution >= 0.6 is 33.3 Å². The Morgan fingerprint density at radius 3 is 2.47 bits per heavy atom. The van der Waals surface area contributed by atoms with E-state index in [1.807, 2.05) is 0 Å². The second kappa shape index (κ2) is 4.46. The van der Waals surface area contributed by atoms with E-state index in [1.54, 1.807) is 22.6 Å². The van der Waals surface area contributed by atoms with E-state index in [2.05, 4.69) is 4.98 Å². The predicted octanol–water partition coefficient (Wildman–Crippen LogP) is 2.86. The quantitative estimate of drug-likeness (QED) is 0.596. The molecule has 8 heteroatoms. The summed E-state index contributed by atoms with van der Waals surface area (Å²) in [6.07, 6.45) is -1.78. The third-order valence-electron chi connectivity index (χ3n) is 1.70. The number of halogens is 4. The van der Waals surface area contributed by atoms with Gasteiger partial charge in [0, 0.05) is 20.4 Å². The lowest BCUT2D eigenvalue weighted by atomic mass is 10.2. The molecule has 84 valence electrons. The predicted molar refractivity (Wildman–Crippen MR) is 59.7 cm³/mol. The average molecular weight is 368 g/mol. The van der Waals surface area contributed by atoms with Gasteiger partial charge in [-0.1, -0.05) is 0 Å². The molecule has 0 bridgehead atoms. The van der Waals surface area contributed by atoms with Gasteiger partial charge in [0.1, 0.15) is 10.6 Å². The van der Waals surface area contributed by atoms with Crippen molar-refractivity contribution >= 4 is 42.3 Å². The van der Waals surface area contributed by atoms with Gasteiger partial charge in [0.15, 0.2) is 0 Å². The molecule has 1 aromatic heterocycles. The molecule has 0 aliphatic heterocycles. The number of rotatable bonds is 2. The number of pyridine rings is 1. The van der Waals surface area contributed by atoms with E-state index in [1.165, 1.54) is 13.1 Å². The molecule has 15 heavy (non-hydrogen) atoms. The summed E-state index contributed by atoms with van der Waals surface area (Å²) in [5.41, 5.74) is -0.612. The van der Waals surface area contributed by atoms with Crippen molar-refractivity contribution in [3.8, 4) is 0 Å². The van der Waals surface area contributed by atoms with Crippen LogP contribution < -0.4 is 0 Å². The number of nitrogens with zero attached hydrogens (tertiary/aromatic N) is 1. The van der Waals surface area contributed by atoms with Crippen LogP contribution in [0.1, 0.15) is 17.7 Å². The zero-order valence-corrected chi connectivity index (χ0v) is 11.1. The molecule has 3 nitrogen and oxygen atoms in total. The van der Waals surface area contributed by atoms with Gasteiger partial charge < -0.3 is 0 Å². The first-order chi connectivity index (χ1) is 6.75. The Balaban J connectivity index is 3.65. The van der Waals surface area contributed by atoms with E-state index < -0.39 is 26.1 Å². The van der Waals surface area contributed by atoms with Gasteiger partial charge in [-0.25, -0.2) is 17.2 Å². The largest absolute Gasteiger partial charge is 0.281 e. The second-order valence-electron chi connectivity index (χ2n) is 2.68. The summed E-state index contributed by atoms with van der Waals surface area (Å²) in [5, 5.41) is 0. The summed E-state index contributed by atoms with van der Waals surface area (Å²) in [7, 11) is 0.874. The van der Waals surface area contributed by atoms with E-state index in [4.69, 9.17) is 10.7 Å².